The number of rotatable bonds is 5. The lowest BCUT2D eigenvalue weighted by molar-refractivity contribution is -0.133. The van der Waals surface area contributed by atoms with Crippen molar-refractivity contribution < 1.29 is 14.0 Å². The minimum atomic E-state index is -0.295. The van der Waals surface area contributed by atoms with E-state index in [1.165, 1.54) is 21.6 Å². The highest BCUT2D eigenvalue weighted by atomic mass is 32.1. The predicted molar refractivity (Wildman–Crippen MR) is 102 cm³/mol. The van der Waals surface area contributed by atoms with Gasteiger partial charge in [0.05, 0.1) is 12.3 Å². The van der Waals surface area contributed by atoms with Gasteiger partial charge in [-0.2, -0.15) is 0 Å². The quantitative estimate of drug-likeness (QED) is 0.727. The molecule has 3 aromatic rings. The van der Waals surface area contributed by atoms with E-state index in [1.807, 2.05) is 16.3 Å². The van der Waals surface area contributed by atoms with Crippen LogP contribution in [-0.2, 0) is 11.2 Å². The van der Waals surface area contributed by atoms with E-state index in [-0.39, 0.29) is 30.0 Å². The summed E-state index contributed by atoms with van der Waals surface area (Å²) in [6.07, 6.45) is 2.62. The molecule has 0 radical (unpaired) electrons. The van der Waals surface area contributed by atoms with Crippen molar-refractivity contribution in [2.24, 2.45) is 0 Å². The standard InChI is InChI=1S/C19H18N2O3S2/c22-17(5-8-20-19(23)14-3-1-10-24-14)21-9-6-15-13(7-12-26-15)18(21)16-4-2-11-25-16/h1-4,7,10-12,18H,5-6,8-9H2,(H,20,23). The molecule has 5 nitrogen and oxygen atoms in total. The van der Waals surface area contributed by atoms with Crippen molar-refractivity contribution in [2.75, 3.05) is 13.1 Å². The van der Waals surface area contributed by atoms with E-state index < -0.39 is 0 Å². The summed E-state index contributed by atoms with van der Waals surface area (Å²) in [6, 6.07) is 9.49. The second-order valence-corrected chi connectivity index (χ2v) is 8.02. The smallest absolute Gasteiger partial charge is 0.286 e. The molecule has 1 atom stereocenters. The normalized spacial score (nSPS) is 16.3. The van der Waals surface area contributed by atoms with Crippen molar-refractivity contribution in [3.8, 4) is 0 Å². The Morgan fingerprint density at radius 3 is 2.88 bits per heavy atom. The van der Waals surface area contributed by atoms with Crippen molar-refractivity contribution in [3.05, 3.63) is 68.4 Å². The first-order chi connectivity index (χ1) is 12.7. The van der Waals surface area contributed by atoms with Crippen LogP contribution in [0, 0.1) is 0 Å². The van der Waals surface area contributed by atoms with Crippen LogP contribution in [0.5, 0.6) is 0 Å². The largest absolute Gasteiger partial charge is 0.459 e. The molecule has 0 saturated carbocycles. The fourth-order valence-electron chi connectivity index (χ4n) is 3.26. The van der Waals surface area contributed by atoms with Gasteiger partial charge in [0.15, 0.2) is 5.76 Å². The van der Waals surface area contributed by atoms with Gasteiger partial charge in [0.25, 0.3) is 5.91 Å². The Morgan fingerprint density at radius 1 is 1.19 bits per heavy atom. The highest BCUT2D eigenvalue weighted by Gasteiger charge is 2.33. The summed E-state index contributed by atoms with van der Waals surface area (Å²) < 4.78 is 5.06. The number of furan rings is 1. The minimum Gasteiger partial charge on any atom is -0.459 e. The topological polar surface area (TPSA) is 62.6 Å². The average molecular weight is 386 g/mol. The van der Waals surface area contributed by atoms with Gasteiger partial charge >= 0.3 is 0 Å². The van der Waals surface area contributed by atoms with Crippen LogP contribution in [0.2, 0.25) is 0 Å². The number of carbonyl (C=O) groups is 2. The van der Waals surface area contributed by atoms with Crippen LogP contribution < -0.4 is 5.32 Å². The zero-order chi connectivity index (χ0) is 17.9. The molecular formula is C19H18N2O3S2. The van der Waals surface area contributed by atoms with Crippen molar-refractivity contribution in [3.63, 3.8) is 0 Å². The second kappa shape index (κ2) is 7.47. The zero-order valence-corrected chi connectivity index (χ0v) is 15.6. The van der Waals surface area contributed by atoms with E-state index in [1.54, 1.807) is 34.8 Å². The Bertz CT molecular complexity index is 884. The number of hydrogen-bond acceptors (Lipinski definition) is 5. The monoisotopic (exact) mass is 386 g/mol. The Hall–Kier alpha value is -2.38. The fraction of sp³-hybridized carbons (Fsp3) is 0.263. The maximum Gasteiger partial charge on any atom is 0.286 e. The molecule has 134 valence electrons. The van der Waals surface area contributed by atoms with Crippen LogP contribution in [0.1, 0.15) is 38.3 Å². The number of carbonyl (C=O) groups excluding carboxylic acids is 2. The third-order valence-corrected chi connectivity index (χ3v) is 6.39. The van der Waals surface area contributed by atoms with Crippen molar-refractivity contribution in [1.82, 2.24) is 10.2 Å². The first kappa shape index (κ1) is 17.1. The summed E-state index contributed by atoms with van der Waals surface area (Å²) in [5, 5.41) is 6.89. The van der Waals surface area contributed by atoms with Crippen LogP contribution in [0.15, 0.2) is 51.8 Å². The first-order valence-corrected chi connectivity index (χ1v) is 10.2. The van der Waals surface area contributed by atoms with E-state index in [2.05, 4.69) is 22.8 Å². The molecule has 4 heterocycles. The van der Waals surface area contributed by atoms with Gasteiger partial charge in [0, 0.05) is 29.3 Å². The van der Waals surface area contributed by atoms with Crippen LogP contribution >= 0.6 is 22.7 Å². The van der Waals surface area contributed by atoms with E-state index in [9.17, 15) is 9.59 Å². The molecule has 1 N–H and O–H groups in total. The van der Waals surface area contributed by atoms with Gasteiger partial charge in [0.2, 0.25) is 5.91 Å². The van der Waals surface area contributed by atoms with E-state index in [0.29, 0.717) is 13.1 Å². The van der Waals surface area contributed by atoms with Crippen LogP contribution in [0.3, 0.4) is 0 Å². The third-order valence-electron chi connectivity index (χ3n) is 4.47. The molecular weight excluding hydrogens is 368 g/mol. The molecule has 0 aliphatic carbocycles. The molecule has 26 heavy (non-hydrogen) atoms. The Kier molecular flexibility index (Phi) is 4.90. The molecule has 1 aliphatic rings. The van der Waals surface area contributed by atoms with Gasteiger partial charge in [0.1, 0.15) is 0 Å². The Labute approximate surface area is 159 Å². The molecule has 0 aromatic carbocycles. The van der Waals surface area contributed by atoms with Crippen molar-refractivity contribution in [1.29, 1.82) is 0 Å². The van der Waals surface area contributed by atoms with Crippen molar-refractivity contribution >= 4 is 34.5 Å². The van der Waals surface area contributed by atoms with Crippen molar-refractivity contribution in [2.45, 2.75) is 18.9 Å². The molecule has 0 bridgehead atoms. The first-order valence-electron chi connectivity index (χ1n) is 8.45. The summed E-state index contributed by atoms with van der Waals surface area (Å²) in [6.45, 7) is 1.00. The molecule has 4 rings (SSSR count). The predicted octanol–water partition coefficient (Wildman–Crippen LogP) is 3.70. The average Bonchev–Trinajstić information content (AvgIpc) is 3.42. The molecule has 0 spiro atoms. The Morgan fingerprint density at radius 2 is 2.12 bits per heavy atom. The molecule has 0 fully saturated rings. The summed E-state index contributed by atoms with van der Waals surface area (Å²) in [4.78, 5) is 29.3. The van der Waals surface area contributed by atoms with E-state index in [4.69, 9.17) is 4.42 Å². The van der Waals surface area contributed by atoms with Gasteiger partial charge in [-0.3, -0.25) is 9.59 Å². The molecule has 0 saturated heterocycles. The summed E-state index contributed by atoms with van der Waals surface area (Å²) in [7, 11) is 0. The van der Waals surface area contributed by atoms with Gasteiger partial charge in [-0.25, -0.2) is 0 Å². The highest BCUT2D eigenvalue weighted by molar-refractivity contribution is 7.10. The number of thiophene rings is 2. The fourth-order valence-corrected chi connectivity index (χ4v) is 5.02. The van der Waals surface area contributed by atoms with Gasteiger partial charge in [-0.05, 0) is 47.0 Å². The number of nitrogens with zero attached hydrogens (tertiary/aromatic N) is 1. The molecule has 3 aromatic heterocycles. The number of nitrogens with one attached hydrogen (secondary N) is 1. The van der Waals surface area contributed by atoms with Gasteiger partial charge in [-0.15, -0.1) is 22.7 Å². The SMILES string of the molecule is O=C(NCCC(=O)N1CCc2sccc2C1c1cccs1)c1ccco1. The van der Waals surface area contributed by atoms with Crippen LogP contribution in [0.4, 0.5) is 0 Å². The number of amides is 2. The molecule has 2 amide bonds. The summed E-state index contributed by atoms with van der Waals surface area (Å²) in [5.41, 5.74) is 1.23. The molecule has 1 aliphatic heterocycles. The second-order valence-electron chi connectivity index (χ2n) is 6.04. The lowest BCUT2D eigenvalue weighted by Crippen LogP contribution is -2.41. The molecule has 7 heteroatoms. The minimum absolute atomic E-state index is 0.0155. The maximum atomic E-state index is 12.9. The van der Waals surface area contributed by atoms with E-state index >= 15 is 0 Å². The number of hydrogen-bond donors (Lipinski definition) is 1. The summed E-state index contributed by atoms with van der Waals surface area (Å²) >= 11 is 3.43. The number of fused-ring (bicyclic) bond motifs is 1. The lowest BCUT2D eigenvalue weighted by Gasteiger charge is -2.35. The highest BCUT2D eigenvalue weighted by Crippen LogP contribution is 2.39. The zero-order valence-electron chi connectivity index (χ0n) is 14.0. The maximum absolute atomic E-state index is 12.9. The molecule has 1 unspecified atom stereocenters. The van der Waals surface area contributed by atoms with E-state index in [0.717, 1.165) is 6.42 Å². The van der Waals surface area contributed by atoms with Crippen LogP contribution in [-0.4, -0.2) is 29.8 Å². The van der Waals surface area contributed by atoms with Gasteiger partial charge < -0.3 is 14.6 Å². The third kappa shape index (κ3) is 3.32. The van der Waals surface area contributed by atoms with Crippen LogP contribution in [0.25, 0.3) is 0 Å². The lowest BCUT2D eigenvalue weighted by atomic mass is 9.98. The van der Waals surface area contributed by atoms with Gasteiger partial charge in [-0.1, -0.05) is 6.07 Å². The summed E-state index contributed by atoms with van der Waals surface area (Å²) in [5.74, 6) is 0.0196. The Balaban J connectivity index is 1.44.